The molecule has 0 spiro atoms. The Balaban J connectivity index is 0.838. The summed E-state index contributed by atoms with van der Waals surface area (Å²) < 4.78 is 34.9. The van der Waals surface area contributed by atoms with E-state index < -0.39 is 29.1 Å². The molecule has 5 amide bonds. The van der Waals surface area contributed by atoms with Crippen molar-refractivity contribution in [2.75, 3.05) is 24.4 Å². The number of imide groups is 1. The lowest BCUT2D eigenvalue weighted by Gasteiger charge is -2.29. The first-order chi connectivity index (χ1) is 31.3. The van der Waals surface area contributed by atoms with Crippen molar-refractivity contribution in [3.63, 3.8) is 0 Å². The number of nitrogens with zero attached hydrogens (tertiary/aromatic N) is 4. The van der Waals surface area contributed by atoms with Crippen molar-refractivity contribution in [3.8, 4) is 23.1 Å². The Morgan fingerprint density at radius 1 is 0.892 bits per heavy atom. The number of hydrogen-bond donors (Lipinski definition) is 3. The molecule has 3 N–H and O–H groups in total. The smallest absolute Gasteiger partial charge is 0.261 e. The monoisotopic (exact) mass is 883 g/mol. The van der Waals surface area contributed by atoms with Crippen molar-refractivity contribution in [1.29, 1.82) is 0 Å². The van der Waals surface area contributed by atoms with Gasteiger partial charge in [0.2, 0.25) is 29.0 Å². The van der Waals surface area contributed by atoms with Crippen LogP contribution in [0.4, 0.5) is 15.8 Å². The van der Waals surface area contributed by atoms with Gasteiger partial charge in [-0.05, 0) is 92.6 Å². The number of carbonyl (C=O) groups is 5. The normalized spacial score (nSPS) is 14.6. The van der Waals surface area contributed by atoms with E-state index in [4.69, 9.17) is 14.2 Å². The number of carbonyl (C=O) groups excluding carboxylic acids is 5. The third-order valence-electron chi connectivity index (χ3n) is 11.8. The van der Waals surface area contributed by atoms with Gasteiger partial charge in [0, 0.05) is 66.6 Å². The fraction of sp³-hybridized carbons (Fsp3) is 0.292. The molecule has 1 fully saturated rings. The zero-order valence-corrected chi connectivity index (χ0v) is 36.2. The number of hydrogen-bond acceptors (Lipinski definition) is 11. The Morgan fingerprint density at radius 2 is 1.69 bits per heavy atom. The fourth-order valence-electron chi connectivity index (χ4n) is 8.15. The number of rotatable bonds is 15. The van der Waals surface area contributed by atoms with E-state index in [1.807, 2.05) is 19.1 Å². The predicted octanol–water partition coefficient (Wildman–Crippen LogP) is 6.88. The number of fused-ring (bicyclic) bond motifs is 3. The highest BCUT2D eigenvalue weighted by molar-refractivity contribution is 6.07. The summed E-state index contributed by atoms with van der Waals surface area (Å²) in [6.45, 7) is 4.25. The Hall–Kier alpha value is -7.69. The number of amides is 5. The lowest BCUT2D eigenvalue weighted by Crippen LogP contribution is -2.52. The topological polar surface area (TPSA) is 200 Å². The van der Waals surface area contributed by atoms with Crippen LogP contribution in [0.5, 0.6) is 23.1 Å². The summed E-state index contributed by atoms with van der Waals surface area (Å²) in [7, 11) is 3.26. The highest BCUT2D eigenvalue weighted by Gasteiger charge is 2.39. The van der Waals surface area contributed by atoms with Gasteiger partial charge in [-0.15, -0.1) is 0 Å². The van der Waals surface area contributed by atoms with Crippen LogP contribution < -0.4 is 35.6 Å². The second-order valence-electron chi connectivity index (χ2n) is 15.9. The molecule has 4 heterocycles. The molecule has 65 heavy (non-hydrogen) atoms. The molecule has 2 aromatic heterocycles. The zero-order valence-electron chi connectivity index (χ0n) is 36.2. The van der Waals surface area contributed by atoms with Crippen molar-refractivity contribution in [1.82, 2.24) is 24.8 Å². The number of methoxy groups -OCH3 is 1. The van der Waals surface area contributed by atoms with Crippen LogP contribution in [0.15, 0.2) is 77.9 Å². The van der Waals surface area contributed by atoms with Crippen molar-refractivity contribution >= 4 is 62.7 Å². The number of unbranched alkanes of at least 4 members (excludes halogenated alkanes) is 2. The molecule has 1 atom stereocenters. The molecule has 0 bridgehead atoms. The molecule has 1 unspecified atom stereocenters. The molecule has 0 saturated carbocycles. The average molecular weight is 884 g/mol. The molecule has 2 aliphatic rings. The second-order valence-corrected chi connectivity index (χ2v) is 15.9. The van der Waals surface area contributed by atoms with Gasteiger partial charge in [0.05, 0.1) is 30.1 Å². The summed E-state index contributed by atoms with van der Waals surface area (Å²) in [5.41, 5.74) is 3.93. The molecular weight excluding hydrogens is 838 g/mol. The van der Waals surface area contributed by atoms with Crippen LogP contribution in [0.25, 0.3) is 21.8 Å². The Morgan fingerprint density at radius 3 is 2.46 bits per heavy atom. The first-order valence-electron chi connectivity index (χ1n) is 21.3. The van der Waals surface area contributed by atoms with Crippen LogP contribution in [0.3, 0.4) is 0 Å². The minimum atomic E-state index is -0.783. The van der Waals surface area contributed by atoms with Crippen molar-refractivity contribution in [3.05, 3.63) is 117 Å². The Kier molecular flexibility index (Phi) is 12.6. The SMILES string of the molecule is CCc1ccc2c(c1)c(=O)c(C(=O)Nc1ccc(Oc3ncnc4cc(OCCCCCC(=O)Nc5ccc6c(c5)C(=O)N(C5CCC(=O)NC5=O)C6)c(OC)cc34)c(F)c1)c(C)n2C. The third kappa shape index (κ3) is 9.07. The molecule has 334 valence electrons. The van der Waals surface area contributed by atoms with E-state index in [1.54, 1.807) is 54.9 Å². The van der Waals surface area contributed by atoms with E-state index in [1.165, 1.54) is 30.5 Å². The maximum atomic E-state index is 15.5. The number of aryl methyl sites for hydroxylation is 2. The van der Waals surface area contributed by atoms with Crippen LogP contribution in [-0.4, -0.2) is 68.7 Å². The number of anilines is 2. The van der Waals surface area contributed by atoms with Crippen LogP contribution in [0, 0.1) is 12.7 Å². The molecule has 0 radical (unpaired) electrons. The van der Waals surface area contributed by atoms with Gasteiger partial charge in [0.25, 0.3) is 11.8 Å². The number of piperidine rings is 1. The summed E-state index contributed by atoms with van der Waals surface area (Å²) in [6.07, 6.45) is 4.59. The molecule has 6 aromatic rings. The first kappa shape index (κ1) is 43.9. The Bertz CT molecular complexity index is 2990. The number of halogens is 1. The summed E-state index contributed by atoms with van der Waals surface area (Å²) in [6, 6.07) is 17.2. The van der Waals surface area contributed by atoms with Gasteiger partial charge in [0.1, 0.15) is 17.9 Å². The summed E-state index contributed by atoms with van der Waals surface area (Å²) in [5.74, 6) is -2.13. The lowest BCUT2D eigenvalue weighted by molar-refractivity contribution is -0.137. The highest BCUT2D eigenvalue weighted by Crippen LogP contribution is 2.37. The predicted molar refractivity (Wildman–Crippen MR) is 239 cm³/mol. The molecule has 0 aliphatic carbocycles. The van der Waals surface area contributed by atoms with E-state index in [-0.39, 0.29) is 66.4 Å². The molecule has 1 saturated heterocycles. The van der Waals surface area contributed by atoms with E-state index in [9.17, 15) is 28.8 Å². The minimum Gasteiger partial charge on any atom is -0.493 e. The largest absolute Gasteiger partial charge is 0.493 e. The zero-order chi connectivity index (χ0) is 45.9. The van der Waals surface area contributed by atoms with Crippen molar-refractivity contribution in [2.45, 2.75) is 71.4 Å². The Labute approximate surface area is 372 Å². The second kappa shape index (κ2) is 18.6. The van der Waals surface area contributed by atoms with E-state index >= 15 is 4.39 Å². The van der Waals surface area contributed by atoms with Crippen molar-refractivity contribution in [2.24, 2.45) is 7.05 Å². The molecular formula is C48H46FN7O9. The molecule has 17 heteroatoms. The maximum absolute atomic E-state index is 15.5. The molecule has 16 nitrogen and oxygen atoms in total. The minimum absolute atomic E-state index is 0.0308. The average Bonchev–Trinajstić information content (AvgIpc) is 3.61. The summed E-state index contributed by atoms with van der Waals surface area (Å²) >= 11 is 0. The van der Waals surface area contributed by atoms with E-state index in [0.29, 0.717) is 76.1 Å². The molecule has 8 rings (SSSR count). The molecule has 4 aromatic carbocycles. The standard InChI is InChI=1S/C48H46FN7O9/c1-5-27-10-14-36-33(19-27)44(59)43(26(2)55(36)3)46(61)53-30-13-16-38(34(49)21-30)65-47-32-22-39(63-4)40(23-35(32)50-25-51-47)64-18-8-6-7-9-41(57)52-29-12-11-28-24-56(48(62)31(28)20-29)37-15-17-42(58)54-45(37)60/h10-14,16,19-23,25,37H,5-9,15,17-18,24H2,1-4H3,(H,52,57)(H,53,61)(H,54,58,60). The maximum Gasteiger partial charge on any atom is 0.261 e. The van der Waals surface area contributed by atoms with Crippen LogP contribution in [0.2, 0.25) is 0 Å². The van der Waals surface area contributed by atoms with Crippen LogP contribution in [0.1, 0.15) is 83.0 Å². The van der Waals surface area contributed by atoms with Gasteiger partial charge in [0.15, 0.2) is 23.1 Å². The van der Waals surface area contributed by atoms with Crippen LogP contribution in [-0.2, 0) is 34.4 Å². The van der Waals surface area contributed by atoms with Gasteiger partial charge in [-0.1, -0.05) is 19.1 Å². The number of pyridine rings is 1. The number of nitrogens with one attached hydrogen (secondary N) is 3. The van der Waals surface area contributed by atoms with Gasteiger partial charge in [-0.2, -0.15) is 0 Å². The van der Waals surface area contributed by atoms with E-state index in [2.05, 4.69) is 25.9 Å². The first-order valence-corrected chi connectivity index (χ1v) is 21.3. The van der Waals surface area contributed by atoms with Gasteiger partial charge < -0.3 is 34.3 Å². The third-order valence-corrected chi connectivity index (χ3v) is 11.8. The molecule has 2 aliphatic heterocycles. The number of aromatic nitrogens is 3. The summed E-state index contributed by atoms with van der Waals surface area (Å²) in [4.78, 5) is 86.8. The highest BCUT2D eigenvalue weighted by atomic mass is 19.1. The number of benzene rings is 4. The van der Waals surface area contributed by atoms with Crippen molar-refractivity contribution < 1.29 is 42.6 Å². The quantitative estimate of drug-likeness (QED) is 0.0717. The number of ether oxygens (including phenoxy) is 3. The fourth-order valence-corrected chi connectivity index (χ4v) is 8.15. The van der Waals surface area contributed by atoms with E-state index in [0.717, 1.165) is 23.6 Å². The van der Waals surface area contributed by atoms with Gasteiger partial charge >= 0.3 is 0 Å². The van der Waals surface area contributed by atoms with Crippen LogP contribution >= 0.6 is 0 Å². The summed E-state index contributed by atoms with van der Waals surface area (Å²) in [5, 5.41) is 8.65. The van der Waals surface area contributed by atoms with Gasteiger partial charge in [-0.3, -0.25) is 34.1 Å². The van der Waals surface area contributed by atoms with Gasteiger partial charge in [-0.25, -0.2) is 14.4 Å². The lowest BCUT2D eigenvalue weighted by atomic mass is 10.0.